The Balaban J connectivity index is 0.000000550. The third-order valence-electron chi connectivity index (χ3n) is 3.23. The second kappa shape index (κ2) is 8.34. The molecule has 0 atom stereocenters. The van der Waals surface area contributed by atoms with Crippen molar-refractivity contribution >= 4 is 0 Å². The van der Waals surface area contributed by atoms with E-state index in [1.165, 1.54) is 36.6 Å². The number of benzene rings is 1. The maximum atomic E-state index is 8.11. The highest BCUT2D eigenvalue weighted by molar-refractivity contribution is 5.43. The molecule has 1 aliphatic rings. The molecule has 0 heterocycles. The Labute approximate surface area is 113 Å². The van der Waals surface area contributed by atoms with Crippen LogP contribution in [0.15, 0.2) is 23.5 Å². The lowest BCUT2D eigenvalue weighted by atomic mass is 10.1. The highest BCUT2D eigenvalue weighted by atomic mass is 16.6. The van der Waals surface area contributed by atoms with Crippen molar-refractivity contribution in [2.75, 3.05) is 7.11 Å². The molecule has 19 heavy (non-hydrogen) atoms. The quantitative estimate of drug-likeness (QED) is 0.666. The summed E-state index contributed by atoms with van der Waals surface area (Å²) in [6.45, 7) is 2.15. The average Bonchev–Trinajstić information content (AvgIpc) is 2.92. The fourth-order valence-corrected chi connectivity index (χ4v) is 2.22. The number of methoxy groups -OCH3 is 1. The SMILES string of the molecule is CCc1ccc(OC)c(OC2CCCC2)c1.O=NO. The van der Waals surface area contributed by atoms with E-state index in [0.717, 1.165) is 17.9 Å². The summed E-state index contributed by atoms with van der Waals surface area (Å²) in [5, 5.41) is 7.89. The van der Waals surface area contributed by atoms with Crippen LogP contribution in [-0.4, -0.2) is 18.4 Å². The molecule has 1 aromatic rings. The predicted octanol–water partition coefficient (Wildman–Crippen LogP) is 3.72. The maximum absolute atomic E-state index is 8.11. The zero-order chi connectivity index (χ0) is 14.1. The normalized spacial score (nSPS) is 14.4. The standard InChI is InChI=1S/C14H20O2.HNO2/c1-3-11-8-9-13(15-2)14(10-11)16-12-6-4-5-7-12;2-1-3/h8-10,12H,3-7H2,1-2H3;(H,2,3). The van der Waals surface area contributed by atoms with Gasteiger partial charge in [-0.25, -0.2) is 0 Å². The third kappa shape index (κ3) is 4.77. The molecule has 0 aromatic heterocycles. The van der Waals surface area contributed by atoms with Crippen LogP contribution in [0.5, 0.6) is 11.5 Å². The minimum atomic E-state index is 0.390. The van der Waals surface area contributed by atoms with Gasteiger partial charge in [-0.15, -0.1) is 4.91 Å². The van der Waals surface area contributed by atoms with Gasteiger partial charge >= 0.3 is 0 Å². The minimum absolute atomic E-state index is 0.390. The maximum Gasteiger partial charge on any atom is 0.161 e. The van der Waals surface area contributed by atoms with Crippen LogP contribution in [0.2, 0.25) is 0 Å². The summed E-state index contributed by atoms with van der Waals surface area (Å²) in [4.78, 5) is 8.11. The summed E-state index contributed by atoms with van der Waals surface area (Å²) in [6.07, 6.45) is 6.37. The lowest BCUT2D eigenvalue weighted by Gasteiger charge is -2.16. The lowest BCUT2D eigenvalue weighted by Crippen LogP contribution is -2.11. The smallest absolute Gasteiger partial charge is 0.161 e. The fourth-order valence-electron chi connectivity index (χ4n) is 2.22. The van der Waals surface area contributed by atoms with Gasteiger partial charge in [-0.05, 0) is 49.8 Å². The third-order valence-corrected chi connectivity index (χ3v) is 3.23. The molecule has 2 rings (SSSR count). The Kier molecular flexibility index (Phi) is 6.71. The molecule has 1 aliphatic carbocycles. The topological polar surface area (TPSA) is 68.1 Å². The number of rotatable bonds is 4. The number of nitrogens with zero attached hydrogens (tertiary/aromatic N) is 1. The molecule has 0 bridgehead atoms. The molecule has 1 aromatic carbocycles. The minimum Gasteiger partial charge on any atom is -0.493 e. The summed E-state index contributed by atoms with van der Waals surface area (Å²) in [5.41, 5.74) is 1.30. The molecule has 0 saturated heterocycles. The fraction of sp³-hybridized carbons (Fsp3) is 0.571. The first-order valence-corrected chi connectivity index (χ1v) is 6.55. The van der Waals surface area contributed by atoms with Gasteiger partial charge < -0.3 is 14.7 Å². The Morgan fingerprint density at radius 1 is 1.32 bits per heavy atom. The Morgan fingerprint density at radius 3 is 2.47 bits per heavy atom. The molecular weight excluding hydrogens is 246 g/mol. The molecule has 1 fully saturated rings. The highest BCUT2D eigenvalue weighted by Crippen LogP contribution is 2.32. The van der Waals surface area contributed by atoms with Gasteiger partial charge in [-0.2, -0.15) is 0 Å². The molecule has 0 unspecified atom stereocenters. The largest absolute Gasteiger partial charge is 0.493 e. The first-order valence-electron chi connectivity index (χ1n) is 6.55. The van der Waals surface area contributed by atoms with E-state index in [0.29, 0.717) is 6.10 Å². The van der Waals surface area contributed by atoms with Crippen LogP contribution in [0.3, 0.4) is 0 Å². The number of ether oxygens (including phenoxy) is 2. The molecular formula is C14H21NO4. The molecule has 106 valence electrons. The van der Waals surface area contributed by atoms with Crippen LogP contribution in [0.25, 0.3) is 0 Å². The monoisotopic (exact) mass is 267 g/mol. The van der Waals surface area contributed by atoms with E-state index >= 15 is 0 Å². The van der Waals surface area contributed by atoms with Gasteiger partial charge in [0, 0.05) is 0 Å². The van der Waals surface area contributed by atoms with Gasteiger partial charge in [-0.1, -0.05) is 13.0 Å². The molecule has 1 saturated carbocycles. The van der Waals surface area contributed by atoms with Gasteiger partial charge in [0.15, 0.2) is 16.8 Å². The van der Waals surface area contributed by atoms with E-state index in [9.17, 15) is 0 Å². The number of aryl methyl sites for hydroxylation is 1. The Morgan fingerprint density at radius 2 is 1.95 bits per heavy atom. The number of hydrogen-bond acceptors (Lipinski definition) is 4. The Hall–Kier alpha value is -1.78. The van der Waals surface area contributed by atoms with Crippen LogP contribution in [0.4, 0.5) is 0 Å². The van der Waals surface area contributed by atoms with E-state index in [1.807, 2.05) is 6.07 Å². The second-order valence-corrected chi connectivity index (χ2v) is 4.44. The number of hydrogen-bond donors (Lipinski definition) is 1. The van der Waals surface area contributed by atoms with Gasteiger partial charge in [-0.3, -0.25) is 0 Å². The zero-order valence-corrected chi connectivity index (χ0v) is 11.5. The van der Waals surface area contributed by atoms with Crippen LogP contribution in [-0.2, 0) is 6.42 Å². The van der Waals surface area contributed by atoms with Crippen molar-refractivity contribution < 1.29 is 14.7 Å². The van der Waals surface area contributed by atoms with E-state index in [1.54, 1.807) is 7.11 Å². The summed E-state index contributed by atoms with van der Waals surface area (Å²) in [6, 6.07) is 6.21. The van der Waals surface area contributed by atoms with E-state index in [4.69, 9.17) is 19.6 Å². The molecule has 5 nitrogen and oxygen atoms in total. The van der Waals surface area contributed by atoms with Crippen molar-refractivity contribution in [2.45, 2.75) is 45.1 Å². The zero-order valence-electron chi connectivity index (χ0n) is 11.5. The summed E-state index contributed by atoms with van der Waals surface area (Å²) < 4.78 is 11.3. The highest BCUT2D eigenvalue weighted by Gasteiger charge is 2.18. The van der Waals surface area contributed by atoms with Crippen molar-refractivity contribution in [2.24, 2.45) is 5.34 Å². The molecule has 1 N–H and O–H groups in total. The van der Waals surface area contributed by atoms with Crippen molar-refractivity contribution in [1.82, 2.24) is 0 Å². The van der Waals surface area contributed by atoms with Gasteiger partial charge in [0.05, 0.1) is 13.2 Å². The predicted molar refractivity (Wildman–Crippen MR) is 72.8 cm³/mol. The van der Waals surface area contributed by atoms with Crippen molar-refractivity contribution in [1.29, 1.82) is 0 Å². The van der Waals surface area contributed by atoms with Crippen LogP contribution in [0.1, 0.15) is 38.2 Å². The van der Waals surface area contributed by atoms with Gasteiger partial charge in [0.25, 0.3) is 0 Å². The van der Waals surface area contributed by atoms with E-state index in [2.05, 4.69) is 19.1 Å². The lowest BCUT2D eigenvalue weighted by molar-refractivity contribution is 0.200. The molecule has 5 heteroatoms. The summed E-state index contributed by atoms with van der Waals surface area (Å²) in [5.74, 6) is 1.76. The van der Waals surface area contributed by atoms with Gasteiger partial charge in [0.2, 0.25) is 0 Å². The van der Waals surface area contributed by atoms with E-state index in [-0.39, 0.29) is 0 Å². The average molecular weight is 267 g/mol. The van der Waals surface area contributed by atoms with Crippen molar-refractivity contribution in [3.8, 4) is 11.5 Å². The van der Waals surface area contributed by atoms with Crippen LogP contribution in [0, 0.1) is 4.91 Å². The Bertz CT molecular complexity index is 389. The summed E-state index contributed by atoms with van der Waals surface area (Å²) in [7, 11) is 1.70. The molecule has 0 aliphatic heterocycles. The van der Waals surface area contributed by atoms with Crippen molar-refractivity contribution in [3.63, 3.8) is 0 Å². The van der Waals surface area contributed by atoms with Crippen molar-refractivity contribution in [3.05, 3.63) is 28.7 Å². The second-order valence-electron chi connectivity index (χ2n) is 4.44. The molecule has 0 spiro atoms. The molecule has 0 radical (unpaired) electrons. The van der Waals surface area contributed by atoms with Crippen LogP contribution < -0.4 is 9.47 Å². The van der Waals surface area contributed by atoms with Gasteiger partial charge in [0.1, 0.15) is 0 Å². The molecule has 0 amide bonds. The van der Waals surface area contributed by atoms with Crippen LogP contribution >= 0.6 is 0 Å². The summed E-state index contributed by atoms with van der Waals surface area (Å²) >= 11 is 0. The first kappa shape index (κ1) is 15.3. The van der Waals surface area contributed by atoms with E-state index < -0.39 is 0 Å². The first-order chi connectivity index (χ1) is 9.24.